The first-order valence-electron chi connectivity index (χ1n) is 6.67. The fraction of sp³-hybridized carbons (Fsp3) is 0.462. The van der Waals surface area contributed by atoms with Crippen LogP contribution in [-0.4, -0.2) is 25.5 Å². The van der Waals surface area contributed by atoms with Crippen LogP contribution in [0.3, 0.4) is 0 Å². The van der Waals surface area contributed by atoms with E-state index in [4.69, 9.17) is 0 Å². The van der Waals surface area contributed by atoms with Gasteiger partial charge in [-0.15, -0.1) is 0 Å². The van der Waals surface area contributed by atoms with Gasteiger partial charge in [-0.05, 0) is 45.7 Å². The lowest BCUT2D eigenvalue weighted by Gasteiger charge is -2.06. The third kappa shape index (κ3) is 4.16. The maximum Gasteiger partial charge on any atom is 0.222 e. The van der Waals surface area contributed by atoms with Gasteiger partial charge in [-0.2, -0.15) is 10.2 Å². The van der Waals surface area contributed by atoms with Crippen LogP contribution >= 0.6 is 31.9 Å². The molecule has 0 spiro atoms. The minimum absolute atomic E-state index is 0.0148. The lowest BCUT2D eigenvalue weighted by Crippen LogP contribution is -2.24. The Balaban J connectivity index is 1.82. The molecule has 1 amide bonds. The van der Waals surface area contributed by atoms with Crippen LogP contribution in [0.5, 0.6) is 0 Å². The first kappa shape index (κ1) is 16.2. The standard InChI is InChI=1S/C13H17Br2N5O/c1-3-19-8-11(15)12(18-19)7-16-13(21)4-5-20-9(2)10(14)6-17-20/h6,8H,3-5,7H2,1-2H3,(H,16,21). The van der Waals surface area contributed by atoms with E-state index < -0.39 is 0 Å². The molecule has 1 N–H and O–H groups in total. The van der Waals surface area contributed by atoms with E-state index >= 15 is 0 Å². The topological polar surface area (TPSA) is 64.7 Å². The van der Waals surface area contributed by atoms with Gasteiger partial charge in [0.1, 0.15) is 0 Å². The summed E-state index contributed by atoms with van der Waals surface area (Å²) in [6.07, 6.45) is 4.04. The Kier molecular flexibility index (Phi) is 5.58. The van der Waals surface area contributed by atoms with Crippen molar-refractivity contribution in [3.05, 3.63) is 32.7 Å². The normalized spacial score (nSPS) is 10.9. The smallest absolute Gasteiger partial charge is 0.222 e. The van der Waals surface area contributed by atoms with Crippen LogP contribution in [0.4, 0.5) is 0 Å². The van der Waals surface area contributed by atoms with Crippen LogP contribution in [-0.2, 0) is 24.4 Å². The van der Waals surface area contributed by atoms with Crippen molar-refractivity contribution < 1.29 is 4.79 Å². The molecule has 2 aromatic rings. The Morgan fingerprint density at radius 2 is 2.14 bits per heavy atom. The predicted octanol–water partition coefficient (Wildman–Crippen LogP) is 2.64. The average molecular weight is 419 g/mol. The quantitative estimate of drug-likeness (QED) is 0.784. The van der Waals surface area contributed by atoms with Gasteiger partial charge in [-0.1, -0.05) is 0 Å². The summed E-state index contributed by atoms with van der Waals surface area (Å²) in [6.45, 7) is 5.78. The van der Waals surface area contributed by atoms with Crippen LogP contribution < -0.4 is 5.32 Å². The molecule has 0 aliphatic carbocycles. The fourth-order valence-electron chi connectivity index (χ4n) is 1.85. The second kappa shape index (κ2) is 7.22. The molecule has 21 heavy (non-hydrogen) atoms. The summed E-state index contributed by atoms with van der Waals surface area (Å²) in [6, 6.07) is 0. The van der Waals surface area contributed by atoms with Crippen LogP contribution in [0.25, 0.3) is 0 Å². The fourth-order valence-corrected chi connectivity index (χ4v) is 2.60. The van der Waals surface area contributed by atoms with E-state index in [-0.39, 0.29) is 5.91 Å². The summed E-state index contributed by atoms with van der Waals surface area (Å²) in [7, 11) is 0. The minimum atomic E-state index is -0.0148. The molecule has 0 aliphatic rings. The molecule has 0 radical (unpaired) electrons. The number of halogens is 2. The average Bonchev–Trinajstić information content (AvgIpc) is 2.99. The Bertz CT molecular complexity index is 635. The number of hydrogen-bond acceptors (Lipinski definition) is 3. The number of carbonyl (C=O) groups excluding carboxylic acids is 1. The maximum absolute atomic E-state index is 11.9. The van der Waals surface area contributed by atoms with Gasteiger partial charge in [0, 0.05) is 31.4 Å². The summed E-state index contributed by atoms with van der Waals surface area (Å²) >= 11 is 6.84. The molecule has 0 fully saturated rings. The summed E-state index contributed by atoms with van der Waals surface area (Å²) in [5.74, 6) is -0.0148. The van der Waals surface area contributed by atoms with E-state index in [1.54, 1.807) is 6.20 Å². The van der Waals surface area contributed by atoms with Crippen molar-refractivity contribution in [1.82, 2.24) is 24.9 Å². The maximum atomic E-state index is 11.9. The molecule has 0 saturated carbocycles. The van der Waals surface area contributed by atoms with Crippen LogP contribution in [0.1, 0.15) is 24.7 Å². The second-order valence-corrected chi connectivity index (χ2v) is 6.32. The van der Waals surface area contributed by atoms with Gasteiger partial charge in [-0.25, -0.2) is 0 Å². The zero-order valence-electron chi connectivity index (χ0n) is 11.9. The number of aromatic nitrogens is 4. The number of rotatable bonds is 6. The third-order valence-electron chi connectivity index (χ3n) is 3.16. The van der Waals surface area contributed by atoms with E-state index in [1.165, 1.54) is 0 Å². The van der Waals surface area contributed by atoms with Crippen molar-refractivity contribution in [2.75, 3.05) is 0 Å². The molecule has 0 unspecified atom stereocenters. The van der Waals surface area contributed by atoms with Crippen molar-refractivity contribution >= 4 is 37.8 Å². The zero-order chi connectivity index (χ0) is 15.4. The zero-order valence-corrected chi connectivity index (χ0v) is 15.1. The Hall–Kier alpha value is -1.15. The Labute approximate surface area is 140 Å². The highest BCUT2D eigenvalue weighted by Gasteiger charge is 2.09. The Morgan fingerprint density at radius 1 is 1.38 bits per heavy atom. The van der Waals surface area contributed by atoms with Crippen molar-refractivity contribution in [1.29, 1.82) is 0 Å². The first-order chi connectivity index (χ1) is 10.0. The first-order valence-corrected chi connectivity index (χ1v) is 8.26. The molecule has 114 valence electrons. The molecule has 2 heterocycles. The SMILES string of the molecule is CCn1cc(Br)c(CNC(=O)CCn2ncc(Br)c2C)n1. The van der Waals surface area contributed by atoms with Gasteiger partial charge in [0.15, 0.2) is 0 Å². The largest absolute Gasteiger partial charge is 0.350 e. The van der Waals surface area contributed by atoms with E-state index in [9.17, 15) is 4.79 Å². The lowest BCUT2D eigenvalue weighted by atomic mass is 10.3. The van der Waals surface area contributed by atoms with Crippen molar-refractivity contribution in [2.45, 2.75) is 39.9 Å². The highest BCUT2D eigenvalue weighted by molar-refractivity contribution is 9.10. The van der Waals surface area contributed by atoms with Gasteiger partial charge in [0.25, 0.3) is 0 Å². The highest BCUT2D eigenvalue weighted by Crippen LogP contribution is 2.15. The molecule has 0 aromatic carbocycles. The van der Waals surface area contributed by atoms with Crippen molar-refractivity contribution in [2.24, 2.45) is 0 Å². The number of amides is 1. The molecular formula is C13H17Br2N5O. The van der Waals surface area contributed by atoms with Gasteiger partial charge < -0.3 is 5.32 Å². The molecule has 0 aliphatic heterocycles. The lowest BCUT2D eigenvalue weighted by molar-refractivity contribution is -0.121. The van der Waals surface area contributed by atoms with Crippen LogP contribution in [0, 0.1) is 6.92 Å². The van der Waals surface area contributed by atoms with Crippen LogP contribution in [0.2, 0.25) is 0 Å². The predicted molar refractivity (Wildman–Crippen MR) is 86.7 cm³/mol. The molecule has 6 nitrogen and oxygen atoms in total. The number of hydrogen-bond donors (Lipinski definition) is 1. The number of nitrogens with one attached hydrogen (secondary N) is 1. The molecule has 2 rings (SSSR count). The van der Waals surface area contributed by atoms with Crippen molar-refractivity contribution in [3.63, 3.8) is 0 Å². The highest BCUT2D eigenvalue weighted by atomic mass is 79.9. The van der Waals surface area contributed by atoms with E-state index in [2.05, 4.69) is 47.4 Å². The monoisotopic (exact) mass is 417 g/mol. The minimum Gasteiger partial charge on any atom is -0.350 e. The summed E-state index contributed by atoms with van der Waals surface area (Å²) in [5, 5.41) is 11.4. The number of carbonyl (C=O) groups is 1. The molecule has 0 atom stereocenters. The second-order valence-electron chi connectivity index (χ2n) is 4.61. The van der Waals surface area contributed by atoms with Gasteiger partial charge in [0.05, 0.1) is 27.4 Å². The number of aryl methyl sites for hydroxylation is 2. The third-order valence-corrected chi connectivity index (χ3v) is 4.60. The van der Waals surface area contributed by atoms with E-state index in [1.807, 2.05) is 29.4 Å². The van der Waals surface area contributed by atoms with Gasteiger partial charge >= 0.3 is 0 Å². The molecule has 2 aromatic heterocycles. The van der Waals surface area contributed by atoms with Gasteiger partial charge in [-0.3, -0.25) is 14.2 Å². The summed E-state index contributed by atoms with van der Waals surface area (Å²) < 4.78 is 5.51. The van der Waals surface area contributed by atoms with Gasteiger partial charge in [0.2, 0.25) is 5.91 Å². The van der Waals surface area contributed by atoms with E-state index in [0.29, 0.717) is 19.5 Å². The summed E-state index contributed by atoms with van der Waals surface area (Å²) in [5.41, 5.74) is 1.86. The van der Waals surface area contributed by atoms with Crippen LogP contribution in [0.15, 0.2) is 21.3 Å². The van der Waals surface area contributed by atoms with Crippen molar-refractivity contribution in [3.8, 4) is 0 Å². The molecule has 0 saturated heterocycles. The summed E-state index contributed by atoms with van der Waals surface area (Å²) in [4.78, 5) is 11.9. The number of nitrogens with zero attached hydrogens (tertiary/aromatic N) is 4. The molecular weight excluding hydrogens is 402 g/mol. The Morgan fingerprint density at radius 3 is 2.71 bits per heavy atom. The molecule has 0 bridgehead atoms. The van der Waals surface area contributed by atoms with E-state index in [0.717, 1.165) is 26.9 Å². The molecule has 8 heteroatoms.